The lowest BCUT2D eigenvalue weighted by molar-refractivity contribution is 0.198. The standard InChI is InChI=1S/C9H15ClN4O/c1-6-13-8(10)7(11)9(14-6)12-4-3-5-15-2/h3-5,11H2,1-2H3,(H,12,13,14). The summed E-state index contributed by atoms with van der Waals surface area (Å²) >= 11 is 5.82. The predicted molar refractivity (Wildman–Crippen MR) is 61.2 cm³/mol. The van der Waals surface area contributed by atoms with E-state index >= 15 is 0 Å². The molecule has 84 valence electrons. The fraction of sp³-hybridized carbons (Fsp3) is 0.556. The SMILES string of the molecule is COCCCNc1nc(C)nc(Cl)c1N. The van der Waals surface area contributed by atoms with E-state index in [2.05, 4.69) is 15.3 Å². The molecule has 0 radical (unpaired) electrons. The van der Waals surface area contributed by atoms with E-state index < -0.39 is 0 Å². The number of nitrogens with one attached hydrogen (secondary N) is 1. The van der Waals surface area contributed by atoms with Crippen molar-refractivity contribution in [3.63, 3.8) is 0 Å². The highest BCUT2D eigenvalue weighted by molar-refractivity contribution is 6.32. The van der Waals surface area contributed by atoms with Crippen LogP contribution in [0.3, 0.4) is 0 Å². The summed E-state index contributed by atoms with van der Waals surface area (Å²) in [5, 5.41) is 3.38. The van der Waals surface area contributed by atoms with E-state index in [0.29, 0.717) is 23.9 Å². The van der Waals surface area contributed by atoms with Gasteiger partial charge in [-0.3, -0.25) is 0 Å². The first-order valence-electron chi connectivity index (χ1n) is 4.67. The summed E-state index contributed by atoms with van der Waals surface area (Å²) in [6.07, 6.45) is 0.886. The molecule has 15 heavy (non-hydrogen) atoms. The maximum atomic E-state index is 5.82. The van der Waals surface area contributed by atoms with E-state index in [9.17, 15) is 0 Å². The smallest absolute Gasteiger partial charge is 0.157 e. The second-order valence-corrected chi connectivity index (χ2v) is 3.46. The molecule has 1 aromatic heterocycles. The Morgan fingerprint density at radius 2 is 2.20 bits per heavy atom. The van der Waals surface area contributed by atoms with Gasteiger partial charge in [0.25, 0.3) is 0 Å². The minimum absolute atomic E-state index is 0.289. The minimum Gasteiger partial charge on any atom is -0.393 e. The molecular weight excluding hydrogens is 216 g/mol. The normalized spacial score (nSPS) is 10.3. The molecule has 0 atom stereocenters. The largest absolute Gasteiger partial charge is 0.393 e. The molecule has 0 amide bonds. The summed E-state index contributed by atoms with van der Waals surface area (Å²) in [5.74, 6) is 1.19. The maximum Gasteiger partial charge on any atom is 0.157 e. The second-order valence-electron chi connectivity index (χ2n) is 3.10. The van der Waals surface area contributed by atoms with Crippen LogP contribution in [0.1, 0.15) is 12.2 Å². The van der Waals surface area contributed by atoms with Gasteiger partial charge in [0, 0.05) is 20.3 Å². The summed E-state index contributed by atoms with van der Waals surface area (Å²) in [4.78, 5) is 8.10. The van der Waals surface area contributed by atoms with Gasteiger partial charge in [-0.05, 0) is 13.3 Å². The van der Waals surface area contributed by atoms with Crippen molar-refractivity contribution in [3.8, 4) is 0 Å². The fourth-order valence-corrected chi connectivity index (χ4v) is 1.32. The number of aromatic nitrogens is 2. The first kappa shape index (κ1) is 12.0. The zero-order chi connectivity index (χ0) is 11.3. The number of aryl methyl sites for hydroxylation is 1. The molecule has 0 fully saturated rings. The third-order valence-electron chi connectivity index (χ3n) is 1.83. The number of ether oxygens (including phenoxy) is 1. The number of hydrogen-bond acceptors (Lipinski definition) is 5. The molecule has 1 aromatic rings. The summed E-state index contributed by atoms with van der Waals surface area (Å²) in [6, 6.07) is 0. The molecule has 0 aliphatic heterocycles. The topological polar surface area (TPSA) is 73.1 Å². The number of halogens is 1. The number of hydrogen-bond donors (Lipinski definition) is 2. The number of nitrogen functional groups attached to an aromatic ring is 1. The molecule has 3 N–H and O–H groups in total. The number of rotatable bonds is 5. The Labute approximate surface area is 94.0 Å². The Kier molecular flexibility index (Phi) is 4.58. The molecule has 0 saturated carbocycles. The van der Waals surface area contributed by atoms with Crippen LogP contribution in [0.25, 0.3) is 0 Å². The van der Waals surface area contributed by atoms with Gasteiger partial charge < -0.3 is 15.8 Å². The maximum absolute atomic E-state index is 5.82. The summed E-state index contributed by atoms with van der Waals surface area (Å²) in [5.41, 5.74) is 6.10. The van der Waals surface area contributed by atoms with E-state index in [1.165, 1.54) is 0 Å². The molecule has 0 unspecified atom stereocenters. The van der Waals surface area contributed by atoms with Gasteiger partial charge in [0.05, 0.1) is 0 Å². The van der Waals surface area contributed by atoms with Crippen LogP contribution in [0.15, 0.2) is 0 Å². The molecule has 0 bridgehead atoms. The molecule has 5 nitrogen and oxygen atoms in total. The van der Waals surface area contributed by atoms with E-state index in [-0.39, 0.29) is 5.15 Å². The van der Waals surface area contributed by atoms with Gasteiger partial charge in [0.15, 0.2) is 11.0 Å². The number of anilines is 2. The summed E-state index contributed by atoms with van der Waals surface area (Å²) in [7, 11) is 1.67. The van der Waals surface area contributed by atoms with Crippen molar-refractivity contribution in [3.05, 3.63) is 11.0 Å². The number of nitrogens with two attached hydrogens (primary N) is 1. The van der Waals surface area contributed by atoms with Gasteiger partial charge in [0.1, 0.15) is 11.5 Å². The zero-order valence-corrected chi connectivity index (χ0v) is 9.64. The van der Waals surface area contributed by atoms with Crippen LogP contribution < -0.4 is 11.1 Å². The molecule has 6 heteroatoms. The molecule has 1 rings (SSSR count). The van der Waals surface area contributed by atoms with Crippen molar-refractivity contribution >= 4 is 23.1 Å². The van der Waals surface area contributed by atoms with Gasteiger partial charge >= 0.3 is 0 Å². The molecule has 0 aromatic carbocycles. The van der Waals surface area contributed by atoms with Gasteiger partial charge in [-0.2, -0.15) is 0 Å². The van der Waals surface area contributed by atoms with Crippen LogP contribution in [0.4, 0.5) is 11.5 Å². The average molecular weight is 231 g/mol. The highest BCUT2D eigenvalue weighted by atomic mass is 35.5. The van der Waals surface area contributed by atoms with Crippen molar-refractivity contribution in [1.82, 2.24) is 9.97 Å². The van der Waals surface area contributed by atoms with Gasteiger partial charge in [-0.1, -0.05) is 11.6 Å². The monoisotopic (exact) mass is 230 g/mol. The summed E-state index contributed by atoms with van der Waals surface area (Å²) < 4.78 is 4.93. The predicted octanol–water partition coefficient (Wildman–Crippen LogP) is 1.47. The van der Waals surface area contributed by atoms with Crippen molar-refractivity contribution in [2.75, 3.05) is 31.3 Å². The van der Waals surface area contributed by atoms with Crippen LogP contribution in [0.2, 0.25) is 5.15 Å². The molecule has 0 aliphatic carbocycles. The van der Waals surface area contributed by atoms with E-state index in [0.717, 1.165) is 13.0 Å². The van der Waals surface area contributed by atoms with Crippen molar-refractivity contribution < 1.29 is 4.74 Å². The fourth-order valence-electron chi connectivity index (χ4n) is 1.11. The van der Waals surface area contributed by atoms with Gasteiger partial charge in [0.2, 0.25) is 0 Å². The van der Waals surface area contributed by atoms with Crippen LogP contribution >= 0.6 is 11.6 Å². The Bertz CT molecular complexity index is 332. The van der Waals surface area contributed by atoms with Crippen molar-refractivity contribution in [1.29, 1.82) is 0 Å². The number of nitrogens with zero attached hydrogens (tertiary/aromatic N) is 2. The third kappa shape index (κ3) is 3.53. The van der Waals surface area contributed by atoms with Crippen LogP contribution in [-0.2, 0) is 4.74 Å². The zero-order valence-electron chi connectivity index (χ0n) is 8.88. The lowest BCUT2D eigenvalue weighted by Crippen LogP contribution is -2.10. The first-order chi connectivity index (χ1) is 7.15. The lowest BCUT2D eigenvalue weighted by Gasteiger charge is -2.09. The van der Waals surface area contributed by atoms with Gasteiger partial charge in [-0.15, -0.1) is 0 Å². The van der Waals surface area contributed by atoms with E-state index in [4.69, 9.17) is 22.1 Å². The molecular formula is C9H15ClN4O. The van der Waals surface area contributed by atoms with E-state index in [1.807, 2.05) is 0 Å². The Hall–Kier alpha value is -1.07. The van der Waals surface area contributed by atoms with Crippen molar-refractivity contribution in [2.45, 2.75) is 13.3 Å². The second kappa shape index (κ2) is 5.72. The molecule has 1 heterocycles. The van der Waals surface area contributed by atoms with Gasteiger partial charge in [-0.25, -0.2) is 9.97 Å². The lowest BCUT2D eigenvalue weighted by atomic mass is 10.4. The Balaban J connectivity index is 2.60. The van der Waals surface area contributed by atoms with Crippen LogP contribution in [0.5, 0.6) is 0 Å². The van der Waals surface area contributed by atoms with E-state index in [1.54, 1.807) is 14.0 Å². The highest BCUT2D eigenvalue weighted by Crippen LogP contribution is 2.23. The average Bonchev–Trinajstić information content (AvgIpc) is 2.19. The third-order valence-corrected chi connectivity index (χ3v) is 2.12. The molecule has 0 spiro atoms. The van der Waals surface area contributed by atoms with Crippen LogP contribution in [-0.4, -0.2) is 30.2 Å². The minimum atomic E-state index is 0.289. The summed E-state index contributed by atoms with van der Waals surface area (Å²) in [6.45, 7) is 3.21. The quantitative estimate of drug-likeness (QED) is 0.592. The Morgan fingerprint density at radius 3 is 2.87 bits per heavy atom. The number of methoxy groups -OCH3 is 1. The molecule has 0 aliphatic rings. The van der Waals surface area contributed by atoms with Crippen LogP contribution in [0, 0.1) is 6.92 Å². The van der Waals surface area contributed by atoms with Crippen molar-refractivity contribution in [2.24, 2.45) is 0 Å². The first-order valence-corrected chi connectivity index (χ1v) is 5.05. The molecule has 0 saturated heterocycles. The highest BCUT2D eigenvalue weighted by Gasteiger charge is 2.07. The Morgan fingerprint density at radius 1 is 1.47 bits per heavy atom.